The van der Waals surface area contributed by atoms with E-state index in [-0.39, 0.29) is 0 Å². The summed E-state index contributed by atoms with van der Waals surface area (Å²) < 4.78 is 0. The first kappa shape index (κ1) is 17.7. The molecule has 1 aromatic rings. The van der Waals surface area contributed by atoms with E-state index in [0.29, 0.717) is 5.41 Å². The molecule has 0 aliphatic heterocycles. The lowest BCUT2D eigenvalue weighted by atomic mass is 9.84. The van der Waals surface area contributed by atoms with Crippen LogP contribution in [0.4, 0.5) is 0 Å². The van der Waals surface area contributed by atoms with Crippen LogP contribution in [0.2, 0.25) is 0 Å². The SMILES string of the molecule is CCCNCC(C)(CCC)CN(CC)Cc1cccs1. The molecular weight excluding hydrogens is 264 g/mol. The second-order valence-corrected chi connectivity index (χ2v) is 7.15. The molecule has 0 aromatic carbocycles. The first-order chi connectivity index (χ1) is 9.63. The van der Waals surface area contributed by atoms with Gasteiger partial charge < -0.3 is 5.32 Å². The van der Waals surface area contributed by atoms with Crippen LogP contribution < -0.4 is 5.32 Å². The lowest BCUT2D eigenvalue weighted by Gasteiger charge is -2.35. The minimum atomic E-state index is 0.386. The molecule has 1 heterocycles. The Morgan fingerprint density at radius 1 is 1.25 bits per heavy atom. The highest BCUT2D eigenvalue weighted by Crippen LogP contribution is 2.25. The third-order valence-electron chi connectivity index (χ3n) is 3.84. The van der Waals surface area contributed by atoms with E-state index in [0.717, 1.165) is 26.2 Å². The van der Waals surface area contributed by atoms with Gasteiger partial charge in [0.05, 0.1) is 0 Å². The van der Waals surface area contributed by atoms with Gasteiger partial charge in [-0.15, -0.1) is 11.3 Å². The first-order valence-corrected chi connectivity index (χ1v) is 8.97. The van der Waals surface area contributed by atoms with Crippen LogP contribution in [0.1, 0.15) is 51.8 Å². The lowest BCUT2D eigenvalue weighted by Crippen LogP contribution is -2.42. The molecule has 0 amide bonds. The van der Waals surface area contributed by atoms with Crippen molar-refractivity contribution in [1.82, 2.24) is 10.2 Å². The molecule has 0 radical (unpaired) electrons. The number of thiophene rings is 1. The molecule has 0 aliphatic rings. The fourth-order valence-electron chi connectivity index (χ4n) is 2.84. The van der Waals surface area contributed by atoms with E-state index in [9.17, 15) is 0 Å². The molecule has 0 bridgehead atoms. The van der Waals surface area contributed by atoms with Gasteiger partial charge in [-0.05, 0) is 42.8 Å². The highest BCUT2D eigenvalue weighted by atomic mass is 32.1. The summed E-state index contributed by atoms with van der Waals surface area (Å²) in [6, 6.07) is 4.40. The van der Waals surface area contributed by atoms with Crippen LogP contribution in [0.5, 0.6) is 0 Å². The van der Waals surface area contributed by atoms with Crippen molar-refractivity contribution in [3.63, 3.8) is 0 Å². The van der Waals surface area contributed by atoms with Crippen LogP contribution in [0.3, 0.4) is 0 Å². The first-order valence-electron chi connectivity index (χ1n) is 8.09. The van der Waals surface area contributed by atoms with Gasteiger partial charge in [0, 0.05) is 24.5 Å². The van der Waals surface area contributed by atoms with Crippen LogP contribution in [-0.4, -0.2) is 31.1 Å². The fourth-order valence-corrected chi connectivity index (χ4v) is 3.58. The lowest BCUT2D eigenvalue weighted by molar-refractivity contribution is 0.150. The number of nitrogens with zero attached hydrogens (tertiary/aromatic N) is 1. The Morgan fingerprint density at radius 2 is 2.05 bits per heavy atom. The standard InChI is InChI=1S/C17H32N2S/c1-5-10-17(4,14-18-11-6-2)15-19(7-3)13-16-9-8-12-20-16/h8-9,12,18H,5-7,10-11,13-15H2,1-4H3. The third kappa shape index (κ3) is 6.38. The highest BCUT2D eigenvalue weighted by Gasteiger charge is 2.25. The molecule has 0 aliphatic carbocycles. The summed E-state index contributed by atoms with van der Waals surface area (Å²) in [4.78, 5) is 4.07. The van der Waals surface area contributed by atoms with Crippen molar-refractivity contribution in [3.8, 4) is 0 Å². The predicted octanol–water partition coefficient (Wildman–Crippen LogP) is 4.38. The average Bonchev–Trinajstić information content (AvgIpc) is 2.91. The molecule has 1 atom stereocenters. The third-order valence-corrected chi connectivity index (χ3v) is 4.71. The van der Waals surface area contributed by atoms with Crippen molar-refractivity contribution < 1.29 is 0 Å². The quantitative estimate of drug-likeness (QED) is 0.610. The molecule has 0 fully saturated rings. The van der Waals surface area contributed by atoms with Crippen molar-refractivity contribution in [2.45, 2.75) is 53.5 Å². The summed E-state index contributed by atoms with van der Waals surface area (Å²) in [7, 11) is 0. The Labute approximate surface area is 129 Å². The second kappa shape index (κ2) is 9.54. The summed E-state index contributed by atoms with van der Waals surface area (Å²) in [6.45, 7) is 14.9. The maximum atomic E-state index is 3.62. The number of hydrogen-bond donors (Lipinski definition) is 1. The Balaban J connectivity index is 2.55. The van der Waals surface area contributed by atoms with Gasteiger partial charge in [-0.3, -0.25) is 4.90 Å². The van der Waals surface area contributed by atoms with Crippen LogP contribution >= 0.6 is 11.3 Å². The van der Waals surface area contributed by atoms with Gasteiger partial charge in [-0.2, -0.15) is 0 Å². The number of nitrogens with one attached hydrogen (secondary N) is 1. The van der Waals surface area contributed by atoms with E-state index < -0.39 is 0 Å². The van der Waals surface area contributed by atoms with Crippen molar-refractivity contribution in [2.24, 2.45) is 5.41 Å². The van der Waals surface area contributed by atoms with Crippen molar-refractivity contribution in [3.05, 3.63) is 22.4 Å². The maximum absolute atomic E-state index is 3.62. The van der Waals surface area contributed by atoms with E-state index >= 15 is 0 Å². The van der Waals surface area contributed by atoms with Gasteiger partial charge in [0.15, 0.2) is 0 Å². The van der Waals surface area contributed by atoms with Crippen molar-refractivity contribution in [2.75, 3.05) is 26.2 Å². The minimum Gasteiger partial charge on any atom is -0.316 e. The average molecular weight is 297 g/mol. The summed E-state index contributed by atoms with van der Waals surface area (Å²) in [5.41, 5.74) is 0.386. The predicted molar refractivity (Wildman–Crippen MR) is 91.4 cm³/mol. The van der Waals surface area contributed by atoms with Gasteiger partial charge in [0.2, 0.25) is 0 Å². The van der Waals surface area contributed by atoms with Gasteiger partial charge in [-0.25, -0.2) is 0 Å². The van der Waals surface area contributed by atoms with E-state index in [2.05, 4.69) is 55.4 Å². The molecule has 1 rings (SSSR count). The zero-order valence-corrected chi connectivity index (χ0v) is 14.6. The fraction of sp³-hybridized carbons (Fsp3) is 0.765. The molecular formula is C17H32N2S. The summed E-state index contributed by atoms with van der Waals surface area (Å²) in [6.07, 6.45) is 3.78. The molecule has 1 N–H and O–H groups in total. The Kier molecular flexibility index (Phi) is 8.43. The van der Waals surface area contributed by atoms with Gasteiger partial charge in [0.25, 0.3) is 0 Å². The van der Waals surface area contributed by atoms with Crippen LogP contribution in [0, 0.1) is 5.41 Å². The monoisotopic (exact) mass is 296 g/mol. The van der Waals surface area contributed by atoms with Crippen LogP contribution in [-0.2, 0) is 6.54 Å². The number of hydrogen-bond acceptors (Lipinski definition) is 3. The Morgan fingerprint density at radius 3 is 2.60 bits per heavy atom. The Hall–Kier alpha value is -0.380. The molecule has 0 saturated carbocycles. The maximum Gasteiger partial charge on any atom is 0.0328 e. The highest BCUT2D eigenvalue weighted by molar-refractivity contribution is 7.09. The summed E-state index contributed by atoms with van der Waals surface area (Å²) in [5, 5.41) is 5.80. The van der Waals surface area contributed by atoms with E-state index in [4.69, 9.17) is 0 Å². The minimum absolute atomic E-state index is 0.386. The van der Waals surface area contributed by atoms with Gasteiger partial charge in [-0.1, -0.05) is 40.2 Å². The summed E-state index contributed by atoms with van der Waals surface area (Å²) >= 11 is 1.87. The van der Waals surface area contributed by atoms with E-state index in [1.54, 1.807) is 0 Å². The molecule has 2 nitrogen and oxygen atoms in total. The van der Waals surface area contributed by atoms with Crippen LogP contribution in [0.25, 0.3) is 0 Å². The van der Waals surface area contributed by atoms with Crippen LogP contribution in [0.15, 0.2) is 17.5 Å². The normalized spacial score (nSPS) is 14.7. The van der Waals surface area contributed by atoms with Crippen molar-refractivity contribution in [1.29, 1.82) is 0 Å². The van der Waals surface area contributed by atoms with E-state index in [1.165, 1.54) is 30.7 Å². The summed E-state index contributed by atoms with van der Waals surface area (Å²) in [5.74, 6) is 0. The zero-order valence-electron chi connectivity index (χ0n) is 13.7. The molecule has 0 saturated heterocycles. The molecule has 20 heavy (non-hydrogen) atoms. The zero-order chi connectivity index (χ0) is 14.8. The second-order valence-electron chi connectivity index (χ2n) is 6.12. The number of rotatable bonds is 11. The molecule has 3 heteroatoms. The van der Waals surface area contributed by atoms with Gasteiger partial charge >= 0.3 is 0 Å². The topological polar surface area (TPSA) is 15.3 Å². The molecule has 0 spiro atoms. The molecule has 1 unspecified atom stereocenters. The largest absolute Gasteiger partial charge is 0.316 e. The Bertz CT molecular complexity index is 337. The molecule has 1 aromatic heterocycles. The van der Waals surface area contributed by atoms with Crippen molar-refractivity contribution >= 4 is 11.3 Å². The smallest absolute Gasteiger partial charge is 0.0328 e. The van der Waals surface area contributed by atoms with E-state index in [1.807, 2.05) is 11.3 Å². The van der Waals surface area contributed by atoms with Gasteiger partial charge in [0.1, 0.15) is 0 Å². The molecule has 116 valence electrons.